The number of nitriles is 1. The first-order chi connectivity index (χ1) is 9.02. The first-order valence-electron chi connectivity index (χ1n) is 5.56. The maximum Gasteiger partial charge on any atom is 0.178 e. The van der Waals surface area contributed by atoms with Crippen LogP contribution in [0.5, 0.6) is 0 Å². The lowest BCUT2D eigenvalue weighted by molar-refractivity contribution is 0.594. The monoisotopic (exact) mass is 291 g/mol. The lowest BCUT2D eigenvalue weighted by Crippen LogP contribution is -2.11. The molecule has 5 nitrogen and oxygen atoms in total. The van der Waals surface area contributed by atoms with Crippen molar-refractivity contribution in [1.29, 1.82) is 5.26 Å². The van der Waals surface area contributed by atoms with Gasteiger partial charge in [-0.25, -0.2) is 8.42 Å². The molecule has 0 amide bonds. The minimum atomic E-state index is -3.15. The summed E-state index contributed by atoms with van der Waals surface area (Å²) in [7, 11) is -3.15. The third-order valence-electron chi connectivity index (χ3n) is 3.12. The summed E-state index contributed by atoms with van der Waals surface area (Å²) in [5, 5.41) is 10.3. The maximum atomic E-state index is 11.5. The topological polar surface area (TPSA) is 78.7 Å². The maximum absolute atomic E-state index is 11.5. The van der Waals surface area contributed by atoms with E-state index in [1.54, 1.807) is 22.8 Å². The molecule has 0 fully saturated rings. The van der Waals surface area contributed by atoms with Crippen LogP contribution in [0.4, 0.5) is 0 Å². The predicted molar refractivity (Wildman–Crippen MR) is 73.8 cm³/mol. The summed E-state index contributed by atoms with van der Waals surface area (Å²) < 4.78 is 25.2. The Morgan fingerprint density at radius 3 is 2.89 bits per heavy atom. The van der Waals surface area contributed by atoms with Crippen molar-refractivity contribution in [3.05, 3.63) is 40.0 Å². The average molecular weight is 291 g/mol. The SMILES string of the molecule is N#Cc1cccc2c1[nH]c(=S)n2C1C=CS(=O)(=O)C1. The van der Waals surface area contributed by atoms with Gasteiger partial charge in [0.1, 0.15) is 6.07 Å². The molecule has 1 unspecified atom stereocenters. The highest BCUT2D eigenvalue weighted by atomic mass is 32.2. The van der Waals surface area contributed by atoms with Gasteiger partial charge in [-0.3, -0.25) is 0 Å². The van der Waals surface area contributed by atoms with E-state index in [0.717, 1.165) is 5.52 Å². The molecule has 1 aromatic carbocycles. The van der Waals surface area contributed by atoms with Gasteiger partial charge in [-0.1, -0.05) is 6.07 Å². The van der Waals surface area contributed by atoms with Crippen molar-refractivity contribution in [2.24, 2.45) is 0 Å². The van der Waals surface area contributed by atoms with Gasteiger partial charge in [-0.05, 0) is 30.4 Å². The van der Waals surface area contributed by atoms with Crippen LogP contribution >= 0.6 is 12.2 Å². The Kier molecular flexibility index (Phi) is 2.59. The fourth-order valence-electron chi connectivity index (χ4n) is 2.29. The van der Waals surface area contributed by atoms with Gasteiger partial charge in [0.25, 0.3) is 0 Å². The number of fused-ring (bicyclic) bond motifs is 1. The van der Waals surface area contributed by atoms with Gasteiger partial charge in [-0.2, -0.15) is 5.26 Å². The molecule has 2 aromatic rings. The molecule has 1 atom stereocenters. The van der Waals surface area contributed by atoms with Crippen LogP contribution < -0.4 is 0 Å². The van der Waals surface area contributed by atoms with Crippen molar-refractivity contribution in [1.82, 2.24) is 9.55 Å². The van der Waals surface area contributed by atoms with Gasteiger partial charge in [0.05, 0.1) is 28.4 Å². The fourth-order valence-corrected chi connectivity index (χ4v) is 3.90. The van der Waals surface area contributed by atoms with Crippen LogP contribution in [0.25, 0.3) is 11.0 Å². The number of para-hydroxylation sites is 1. The molecule has 1 aromatic heterocycles. The molecule has 96 valence electrons. The molecule has 0 saturated carbocycles. The summed E-state index contributed by atoms with van der Waals surface area (Å²) in [4.78, 5) is 2.98. The second-order valence-electron chi connectivity index (χ2n) is 4.34. The molecule has 1 aliphatic rings. The van der Waals surface area contributed by atoms with Crippen molar-refractivity contribution < 1.29 is 8.42 Å². The smallest absolute Gasteiger partial charge is 0.178 e. The van der Waals surface area contributed by atoms with E-state index in [2.05, 4.69) is 11.1 Å². The highest BCUT2D eigenvalue weighted by Gasteiger charge is 2.25. The Morgan fingerprint density at radius 1 is 1.47 bits per heavy atom. The molecule has 1 N–H and O–H groups in total. The molecule has 1 aliphatic heterocycles. The second kappa shape index (κ2) is 4.05. The zero-order valence-electron chi connectivity index (χ0n) is 9.70. The van der Waals surface area contributed by atoms with Crippen LogP contribution in [-0.2, 0) is 9.84 Å². The van der Waals surface area contributed by atoms with Crippen LogP contribution in [0.1, 0.15) is 11.6 Å². The Hall–Kier alpha value is -1.91. The van der Waals surface area contributed by atoms with Crippen molar-refractivity contribution in [2.75, 3.05) is 5.75 Å². The molecule has 0 radical (unpaired) electrons. The number of sulfone groups is 1. The number of imidazole rings is 1. The second-order valence-corrected chi connectivity index (χ2v) is 6.65. The van der Waals surface area contributed by atoms with Gasteiger partial charge >= 0.3 is 0 Å². The number of allylic oxidation sites excluding steroid dienone is 1. The highest BCUT2D eigenvalue weighted by molar-refractivity contribution is 7.94. The van der Waals surface area contributed by atoms with Gasteiger partial charge in [0.2, 0.25) is 0 Å². The number of rotatable bonds is 1. The number of nitrogens with one attached hydrogen (secondary N) is 1. The molecular weight excluding hydrogens is 282 g/mol. The van der Waals surface area contributed by atoms with E-state index in [4.69, 9.17) is 17.5 Å². The number of aromatic amines is 1. The minimum Gasteiger partial charge on any atom is -0.329 e. The number of nitrogens with zero attached hydrogens (tertiary/aromatic N) is 2. The van der Waals surface area contributed by atoms with E-state index in [-0.39, 0.29) is 11.8 Å². The Morgan fingerprint density at radius 2 is 2.26 bits per heavy atom. The number of H-pyrrole nitrogens is 1. The third kappa shape index (κ3) is 1.89. The molecule has 2 heterocycles. The van der Waals surface area contributed by atoms with Crippen LogP contribution in [0.3, 0.4) is 0 Å². The molecule has 7 heteroatoms. The largest absolute Gasteiger partial charge is 0.329 e. The molecular formula is C12H9N3O2S2. The lowest BCUT2D eigenvalue weighted by atomic mass is 10.2. The van der Waals surface area contributed by atoms with Crippen LogP contribution in [0.15, 0.2) is 29.7 Å². The fraction of sp³-hybridized carbons (Fsp3) is 0.167. The van der Waals surface area contributed by atoms with Crippen molar-refractivity contribution in [2.45, 2.75) is 6.04 Å². The van der Waals surface area contributed by atoms with Gasteiger partial charge in [0.15, 0.2) is 14.6 Å². The number of hydrogen-bond donors (Lipinski definition) is 1. The summed E-state index contributed by atoms with van der Waals surface area (Å²) >= 11 is 5.24. The zero-order chi connectivity index (χ0) is 13.6. The number of aromatic nitrogens is 2. The Balaban J connectivity index is 2.27. The van der Waals surface area contributed by atoms with Crippen molar-refractivity contribution in [3.8, 4) is 6.07 Å². The molecule has 0 saturated heterocycles. The molecule has 3 rings (SSSR count). The number of hydrogen-bond acceptors (Lipinski definition) is 4. The van der Waals surface area contributed by atoms with Crippen LogP contribution in [-0.4, -0.2) is 23.7 Å². The van der Waals surface area contributed by atoms with E-state index < -0.39 is 9.84 Å². The zero-order valence-corrected chi connectivity index (χ0v) is 11.3. The lowest BCUT2D eigenvalue weighted by Gasteiger charge is -2.10. The van der Waals surface area contributed by atoms with Crippen molar-refractivity contribution >= 4 is 33.1 Å². The highest BCUT2D eigenvalue weighted by Crippen LogP contribution is 2.27. The summed E-state index contributed by atoms with van der Waals surface area (Å²) in [5.41, 5.74) is 1.88. The van der Waals surface area contributed by atoms with Gasteiger partial charge in [0, 0.05) is 5.41 Å². The first-order valence-corrected chi connectivity index (χ1v) is 7.68. The van der Waals surface area contributed by atoms with Crippen LogP contribution in [0.2, 0.25) is 0 Å². The molecule has 0 aliphatic carbocycles. The Bertz CT molecular complexity index is 897. The van der Waals surface area contributed by atoms with E-state index in [9.17, 15) is 8.42 Å². The third-order valence-corrected chi connectivity index (χ3v) is 4.79. The summed E-state index contributed by atoms with van der Waals surface area (Å²) in [6, 6.07) is 7.04. The van der Waals surface area contributed by atoms with E-state index in [0.29, 0.717) is 15.9 Å². The molecule has 19 heavy (non-hydrogen) atoms. The van der Waals surface area contributed by atoms with Gasteiger partial charge < -0.3 is 9.55 Å². The summed E-state index contributed by atoms with van der Waals surface area (Å²) in [5.74, 6) is 0.00500. The molecule has 0 spiro atoms. The molecule has 0 bridgehead atoms. The quantitative estimate of drug-likeness (QED) is 0.816. The number of benzene rings is 1. The summed E-state index contributed by atoms with van der Waals surface area (Å²) in [6.07, 6.45) is 1.62. The van der Waals surface area contributed by atoms with E-state index in [1.807, 2.05) is 6.07 Å². The van der Waals surface area contributed by atoms with Crippen LogP contribution in [0, 0.1) is 16.1 Å². The van der Waals surface area contributed by atoms with E-state index >= 15 is 0 Å². The Labute approximate surface area is 114 Å². The average Bonchev–Trinajstić information content (AvgIpc) is 2.87. The summed E-state index contributed by atoms with van der Waals surface area (Å²) in [6.45, 7) is 0. The standard InChI is InChI=1S/C12H9N3O2S2/c13-6-8-2-1-3-10-11(8)14-12(18)15(10)9-4-5-19(16,17)7-9/h1-5,9H,7H2,(H,14,18). The predicted octanol–water partition coefficient (Wildman–Crippen LogP) is 2.05. The van der Waals surface area contributed by atoms with Gasteiger partial charge in [-0.15, -0.1) is 0 Å². The minimum absolute atomic E-state index is 0.00500. The van der Waals surface area contributed by atoms with Crippen molar-refractivity contribution in [3.63, 3.8) is 0 Å². The first kappa shape index (κ1) is 12.1. The van der Waals surface area contributed by atoms with E-state index in [1.165, 1.54) is 5.41 Å². The normalized spacial score (nSPS) is 20.7.